The third-order valence-electron chi connectivity index (χ3n) is 11.3. The van der Waals surface area contributed by atoms with E-state index in [4.69, 9.17) is 16.6 Å². The summed E-state index contributed by atoms with van der Waals surface area (Å²) in [6.07, 6.45) is -1.74. The zero-order valence-electron chi connectivity index (χ0n) is 31.8. The maximum atomic E-state index is 15.5. The Balaban J connectivity index is 1.28. The number of benzene rings is 2. The van der Waals surface area contributed by atoms with Gasteiger partial charge < -0.3 is 10.4 Å². The molecule has 2 fully saturated rings. The van der Waals surface area contributed by atoms with Crippen molar-refractivity contribution < 1.29 is 49.1 Å². The van der Waals surface area contributed by atoms with Crippen molar-refractivity contribution in [2.45, 2.75) is 69.1 Å². The molecule has 0 radical (unpaired) electrons. The number of pyridine rings is 1. The summed E-state index contributed by atoms with van der Waals surface area (Å²) in [4.78, 5) is 18.8. The Morgan fingerprint density at radius 3 is 2.40 bits per heavy atom. The number of hydrogen-bond acceptors (Lipinski definition) is 7. The Hall–Kier alpha value is -5.19. The topological polar surface area (TPSA) is 144 Å². The molecule has 3 aliphatic rings. The number of aryl methyl sites for hydroxylation is 1. The van der Waals surface area contributed by atoms with Gasteiger partial charge in [0.2, 0.25) is 15.9 Å². The summed E-state index contributed by atoms with van der Waals surface area (Å²) in [7, 11) is -2.33. The van der Waals surface area contributed by atoms with E-state index >= 15 is 8.78 Å². The molecule has 2 aromatic carbocycles. The van der Waals surface area contributed by atoms with Crippen LogP contribution in [0.4, 0.5) is 36.6 Å². The number of hydrogen-bond donors (Lipinski definition) is 3. The predicted molar refractivity (Wildman–Crippen MR) is 205 cm³/mol. The van der Waals surface area contributed by atoms with E-state index in [1.54, 1.807) is 18.2 Å². The highest BCUT2D eigenvalue weighted by molar-refractivity contribution is 7.92. The van der Waals surface area contributed by atoms with Crippen molar-refractivity contribution in [1.82, 2.24) is 29.9 Å². The van der Waals surface area contributed by atoms with Crippen LogP contribution in [0.15, 0.2) is 42.5 Å². The molecule has 0 spiro atoms. The zero-order valence-corrected chi connectivity index (χ0v) is 33.3. The van der Waals surface area contributed by atoms with Crippen molar-refractivity contribution in [2.75, 3.05) is 17.6 Å². The van der Waals surface area contributed by atoms with Crippen LogP contribution >= 0.6 is 11.6 Å². The van der Waals surface area contributed by atoms with Crippen LogP contribution in [0.3, 0.4) is 0 Å². The van der Waals surface area contributed by atoms with Gasteiger partial charge in [0, 0.05) is 35.7 Å². The third kappa shape index (κ3) is 7.69. The number of rotatable bonds is 10. The molecular formula is C40H35ClF7N7O4S. The molecular weight excluding hydrogens is 843 g/mol. The summed E-state index contributed by atoms with van der Waals surface area (Å²) in [6, 6.07) is 7.44. The monoisotopic (exact) mass is 877 g/mol. The molecule has 0 bridgehead atoms. The van der Waals surface area contributed by atoms with E-state index in [-0.39, 0.29) is 63.7 Å². The maximum Gasteiger partial charge on any atom is 0.435 e. The van der Waals surface area contributed by atoms with Gasteiger partial charge in [0.1, 0.15) is 29.6 Å². The summed E-state index contributed by atoms with van der Waals surface area (Å²) >= 11 is 6.60. The first-order valence-corrected chi connectivity index (χ1v) is 21.0. The number of aliphatic hydroxyl groups excluding tert-OH is 1. The lowest BCUT2D eigenvalue weighted by atomic mass is 9.88. The first-order chi connectivity index (χ1) is 28.2. The van der Waals surface area contributed by atoms with Crippen LogP contribution in [-0.4, -0.2) is 56.8 Å². The first kappa shape index (κ1) is 41.5. The van der Waals surface area contributed by atoms with Gasteiger partial charge in [-0.25, -0.2) is 22.2 Å². The number of halogens is 8. The van der Waals surface area contributed by atoms with Gasteiger partial charge in [-0.3, -0.25) is 18.9 Å². The van der Waals surface area contributed by atoms with E-state index < -0.39 is 86.5 Å². The van der Waals surface area contributed by atoms with Gasteiger partial charge in [-0.15, -0.1) is 0 Å². The highest BCUT2D eigenvalue weighted by atomic mass is 35.5. The fraction of sp³-hybridized carbons (Fsp3) is 0.400. The number of nitrogens with zero attached hydrogens (tertiary/aromatic N) is 5. The smallest absolute Gasteiger partial charge is 0.395 e. The van der Waals surface area contributed by atoms with Crippen molar-refractivity contribution in [3.05, 3.63) is 93.0 Å². The Kier molecular flexibility index (Phi) is 10.2. The molecule has 8 rings (SSSR count). The lowest BCUT2D eigenvalue weighted by Crippen LogP contribution is -2.35. The van der Waals surface area contributed by atoms with Crippen molar-refractivity contribution in [2.24, 2.45) is 18.4 Å². The van der Waals surface area contributed by atoms with Gasteiger partial charge in [-0.1, -0.05) is 36.4 Å². The van der Waals surface area contributed by atoms with Crippen LogP contribution < -0.4 is 10.0 Å². The molecule has 0 saturated heterocycles. The van der Waals surface area contributed by atoms with Crippen molar-refractivity contribution in [3.8, 4) is 23.0 Å². The van der Waals surface area contributed by atoms with Gasteiger partial charge in [-0.05, 0) is 73.4 Å². The molecule has 3 atom stereocenters. The molecule has 3 aromatic heterocycles. The minimum atomic E-state index is -5.08. The summed E-state index contributed by atoms with van der Waals surface area (Å²) in [5.74, 6) is -3.06. The van der Waals surface area contributed by atoms with Crippen LogP contribution in [0.2, 0.25) is 5.02 Å². The van der Waals surface area contributed by atoms with Crippen LogP contribution in [0.5, 0.6) is 0 Å². The number of nitrogens with one attached hydrogen (secondary N) is 2. The van der Waals surface area contributed by atoms with E-state index in [9.17, 15) is 40.3 Å². The molecule has 3 heterocycles. The van der Waals surface area contributed by atoms with Crippen LogP contribution in [-0.2, 0) is 46.9 Å². The van der Waals surface area contributed by atoms with Crippen LogP contribution in [0.1, 0.15) is 78.0 Å². The molecule has 0 unspecified atom stereocenters. The highest BCUT2D eigenvalue weighted by Gasteiger charge is 2.68. The zero-order chi connectivity index (χ0) is 43.1. The number of aliphatic hydroxyl groups is 1. The number of carbonyl (C=O) groups is 1. The Morgan fingerprint density at radius 2 is 1.75 bits per heavy atom. The molecule has 5 aromatic rings. The molecule has 60 heavy (non-hydrogen) atoms. The van der Waals surface area contributed by atoms with Gasteiger partial charge in [0.05, 0.1) is 45.9 Å². The largest absolute Gasteiger partial charge is 0.435 e. The fourth-order valence-corrected chi connectivity index (χ4v) is 9.34. The molecule has 0 aliphatic heterocycles. The quantitative estimate of drug-likeness (QED) is 0.0983. The molecule has 3 aliphatic carbocycles. The Bertz CT molecular complexity index is 2730. The minimum Gasteiger partial charge on any atom is -0.395 e. The van der Waals surface area contributed by atoms with Gasteiger partial charge in [-0.2, -0.15) is 32.1 Å². The molecule has 20 heteroatoms. The summed E-state index contributed by atoms with van der Waals surface area (Å²) in [6.45, 7) is -1.29. The van der Waals surface area contributed by atoms with Crippen molar-refractivity contribution in [3.63, 3.8) is 0 Å². The molecule has 3 N–H and O–H groups in total. The van der Waals surface area contributed by atoms with Crippen LogP contribution in [0.25, 0.3) is 22.0 Å². The lowest BCUT2D eigenvalue weighted by molar-refractivity contribution is -0.142. The average Bonchev–Trinajstić information content (AvgIpc) is 3.38. The second kappa shape index (κ2) is 14.8. The second-order valence-corrected chi connectivity index (χ2v) is 17.8. The number of alkyl halides is 5. The van der Waals surface area contributed by atoms with E-state index in [0.29, 0.717) is 29.2 Å². The van der Waals surface area contributed by atoms with E-state index in [0.717, 1.165) is 31.2 Å². The third-order valence-corrected chi connectivity index (χ3v) is 12.2. The number of amides is 1. The second-order valence-electron chi connectivity index (χ2n) is 15.6. The van der Waals surface area contributed by atoms with Gasteiger partial charge in [0.15, 0.2) is 11.5 Å². The number of anilines is 1. The SMILES string of the molecule is Cn1nc(NS(C)(=O)=O)c2c(Cl)ccc(-c3ccc(C#CC4(CO)CCCC4)nc3[C@H](Cc3cc(F)cc(F)c3)NC(=O)Cn3nc(C(F)(F)F)c4c3C(F)(F)[C@@H]3C[C@H]43)c21. The van der Waals surface area contributed by atoms with E-state index in [1.165, 1.54) is 17.8 Å². The first-order valence-electron chi connectivity index (χ1n) is 18.8. The Morgan fingerprint density at radius 1 is 1.07 bits per heavy atom. The number of fused-ring (bicyclic) bond motifs is 4. The van der Waals surface area contributed by atoms with E-state index in [2.05, 4.69) is 32.1 Å². The molecule has 2 saturated carbocycles. The normalized spacial score (nSPS) is 19.4. The van der Waals surface area contributed by atoms with Crippen LogP contribution in [0, 0.1) is 34.8 Å². The standard InChI is InChI=1S/C40H35ClF7N7O4S/c1-54-34-25(7-8-28(41)32(34)37(52-54)53-60(2,58)59)24-6-5-23(9-12-38(19-56)10-3-4-11-38)49-33(24)29(15-20-13-21(42)16-22(43)14-20)50-30(57)18-55-36-31(35(51-55)40(46,47)48)26-17-27(26)39(36,44)45/h5-8,13-14,16,26-27,29,56H,3-4,10-11,15,17-19H2,1-2H3,(H,50,57)(H,52,53)/t26-,27+,29-/m0/s1. The lowest BCUT2D eigenvalue weighted by Gasteiger charge is -2.23. The molecule has 1 amide bonds. The summed E-state index contributed by atoms with van der Waals surface area (Å²) in [5.41, 5.74) is -2.78. The number of sulfonamides is 1. The summed E-state index contributed by atoms with van der Waals surface area (Å²) in [5, 5.41) is 21.0. The molecule has 11 nitrogen and oxygen atoms in total. The summed E-state index contributed by atoms with van der Waals surface area (Å²) < 4.78 is 131. The fourth-order valence-electron chi connectivity index (χ4n) is 8.60. The highest BCUT2D eigenvalue weighted by Crippen LogP contribution is 2.68. The van der Waals surface area contributed by atoms with E-state index in [1.807, 2.05) is 0 Å². The van der Waals surface area contributed by atoms with Crippen molar-refractivity contribution in [1.29, 1.82) is 0 Å². The van der Waals surface area contributed by atoms with Gasteiger partial charge >= 0.3 is 6.18 Å². The number of aromatic nitrogens is 5. The minimum absolute atomic E-state index is 0.0135. The predicted octanol–water partition coefficient (Wildman–Crippen LogP) is 7.37. The van der Waals surface area contributed by atoms with Gasteiger partial charge in [0.25, 0.3) is 5.92 Å². The average molecular weight is 878 g/mol. The van der Waals surface area contributed by atoms with Crippen molar-refractivity contribution >= 4 is 44.3 Å². The Labute approximate surface area is 343 Å². The maximum absolute atomic E-state index is 15.5. The number of carbonyl (C=O) groups excluding carboxylic acids is 1. The molecule has 316 valence electrons.